The van der Waals surface area contributed by atoms with Gasteiger partial charge in [0.15, 0.2) is 5.89 Å². The summed E-state index contributed by atoms with van der Waals surface area (Å²) in [5, 5.41) is 8.98. The van der Waals surface area contributed by atoms with Gasteiger partial charge in [-0.3, -0.25) is 9.69 Å². The molecule has 0 unspecified atom stereocenters. The fraction of sp³-hybridized carbons (Fsp3) is 0.619. The first kappa shape index (κ1) is 37.4. The number of ether oxygens (including phenoxy) is 3. The molecule has 5 aliphatic rings. The Morgan fingerprint density at radius 1 is 1.00 bits per heavy atom. The maximum Gasteiger partial charge on any atom is 0.410 e. The van der Waals surface area contributed by atoms with Gasteiger partial charge in [-0.25, -0.2) is 14.8 Å². The van der Waals surface area contributed by atoms with Crippen molar-refractivity contribution in [3.8, 4) is 17.0 Å². The van der Waals surface area contributed by atoms with Gasteiger partial charge < -0.3 is 28.6 Å². The van der Waals surface area contributed by atoms with Crippen LogP contribution in [0.3, 0.4) is 0 Å². The Labute approximate surface area is 313 Å². The second-order valence-electron chi connectivity index (χ2n) is 17.1. The highest BCUT2D eigenvalue weighted by Gasteiger charge is 2.51. The van der Waals surface area contributed by atoms with Gasteiger partial charge in [0.1, 0.15) is 29.6 Å². The molecule has 2 bridgehead atoms. The molecule has 2 aromatic heterocycles. The Morgan fingerprint density at radius 2 is 1.72 bits per heavy atom. The van der Waals surface area contributed by atoms with E-state index in [-0.39, 0.29) is 59.6 Å². The summed E-state index contributed by atoms with van der Waals surface area (Å²) in [6.07, 6.45) is 12.0. The third-order valence-corrected chi connectivity index (χ3v) is 12.5. The van der Waals surface area contributed by atoms with Gasteiger partial charge >= 0.3 is 6.09 Å². The zero-order valence-electron chi connectivity index (χ0n) is 32.1. The topological polar surface area (TPSA) is 127 Å². The molecule has 11 heteroatoms. The van der Waals surface area contributed by atoms with E-state index in [9.17, 15) is 9.59 Å². The lowest BCUT2D eigenvalue weighted by Crippen LogP contribution is -2.55. The fourth-order valence-electron chi connectivity index (χ4n) is 9.00. The molecule has 4 aliphatic carbocycles. The zero-order chi connectivity index (χ0) is 37.4. The zero-order valence-corrected chi connectivity index (χ0v) is 32.1. The minimum Gasteiger partial charge on any atom is -0.496 e. The fourth-order valence-corrected chi connectivity index (χ4v) is 9.00. The highest BCUT2D eigenvalue weighted by atomic mass is 16.6. The van der Waals surface area contributed by atoms with Gasteiger partial charge in [0.2, 0.25) is 5.91 Å². The van der Waals surface area contributed by atoms with E-state index in [0.29, 0.717) is 57.0 Å². The summed E-state index contributed by atoms with van der Waals surface area (Å²) in [5.41, 5.74) is 4.15. The molecule has 1 aliphatic heterocycles. The summed E-state index contributed by atoms with van der Waals surface area (Å²) < 4.78 is 22.8. The van der Waals surface area contributed by atoms with Crippen LogP contribution in [0.4, 0.5) is 10.6 Å². The van der Waals surface area contributed by atoms with E-state index in [1.54, 1.807) is 24.5 Å². The number of likely N-dealkylation sites (tertiary alicyclic amines) is 1. The number of anilines is 1. The van der Waals surface area contributed by atoms with Gasteiger partial charge in [0.25, 0.3) is 0 Å². The lowest BCUT2D eigenvalue weighted by atomic mass is 9.51. The molecule has 0 radical (unpaired) electrons. The van der Waals surface area contributed by atoms with Crippen molar-refractivity contribution in [1.29, 1.82) is 0 Å². The number of hydrogen-bond acceptors (Lipinski definition) is 9. The molecule has 3 aromatic rings. The lowest BCUT2D eigenvalue weighted by Gasteiger charge is -2.55. The summed E-state index contributed by atoms with van der Waals surface area (Å²) in [6, 6.07) is 10.6. The van der Waals surface area contributed by atoms with Crippen molar-refractivity contribution >= 4 is 17.8 Å². The predicted octanol–water partition coefficient (Wildman–Crippen LogP) is 7.36. The average molecular weight is 729 g/mol. The van der Waals surface area contributed by atoms with Crippen molar-refractivity contribution in [3.05, 3.63) is 59.8 Å². The summed E-state index contributed by atoms with van der Waals surface area (Å²) >= 11 is 0. The third-order valence-electron chi connectivity index (χ3n) is 12.5. The molecule has 0 spiro atoms. The number of hydrogen-bond donors (Lipinski definition) is 1. The number of fused-ring (bicyclic) bond motifs is 3. The molecule has 1 saturated heterocycles. The van der Waals surface area contributed by atoms with Gasteiger partial charge in [0.05, 0.1) is 39.5 Å². The Kier molecular flexibility index (Phi) is 10.6. The van der Waals surface area contributed by atoms with Crippen LogP contribution in [0.2, 0.25) is 0 Å². The quantitative estimate of drug-likeness (QED) is 0.215. The number of carbonyl (C=O) groups is 2. The molecule has 0 atom stereocenters. The largest absolute Gasteiger partial charge is 0.496 e. The Hall–Kier alpha value is -3.96. The van der Waals surface area contributed by atoms with Crippen molar-refractivity contribution in [2.45, 2.75) is 115 Å². The Balaban J connectivity index is 1.06. The molecule has 3 heterocycles. The summed E-state index contributed by atoms with van der Waals surface area (Å²) in [6.45, 7) is 10.2. The minimum atomic E-state index is -0.330. The highest BCUT2D eigenvalue weighted by Crippen LogP contribution is 2.58. The van der Waals surface area contributed by atoms with E-state index >= 15 is 0 Å². The van der Waals surface area contributed by atoms with Crippen LogP contribution in [0.15, 0.2) is 47.2 Å². The van der Waals surface area contributed by atoms with Crippen molar-refractivity contribution in [3.63, 3.8) is 0 Å². The van der Waals surface area contributed by atoms with E-state index in [4.69, 9.17) is 33.7 Å². The third kappa shape index (κ3) is 7.83. The second kappa shape index (κ2) is 15.1. The van der Waals surface area contributed by atoms with E-state index in [2.05, 4.69) is 45.9 Å². The van der Waals surface area contributed by atoms with Gasteiger partial charge in [-0.2, -0.15) is 0 Å². The minimum absolute atomic E-state index is 0.0204. The van der Waals surface area contributed by atoms with Gasteiger partial charge in [-0.15, -0.1) is 0 Å². The summed E-state index contributed by atoms with van der Waals surface area (Å²) in [5.74, 6) is 2.17. The van der Waals surface area contributed by atoms with Gasteiger partial charge in [-0.1, -0.05) is 32.9 Å². The smallest absolute Gasteiger partial charge is 0.410 e. The molecule has 286 valence electrons. The van der Waals surface area contributed by atoms with Crippen LogP contribution in [-0.4, -0.2) is 84.1 Å². The number of benzene rings is 1. The number of nitrogens with zero attached hydrogens (tertiary/aromatic N) is 4. The molecule has 4 saturated carbocycles. The first-order valence-electron chi connectivity index (χ1n) is 19.5. The number of methoxy groups -OCH3 is 1. The molecule has 11 nitrogen and oxygen atoms in total. The maximum absolute atomic E-state index is 14.7. The number of oxazole rings is 1. The van der Waals surface area contributed by atoms with Gasteiger partial charge in [0, 0.05) is 29.6 Å². The average Bonchev–Trinajstić information content (AvgIpc) is 3.66. The van der Waals surface area contributed by atoms with Gasteiger partial charge in [-0.05, 0) is 111 Å². The van der Waals surface area contributed by atoms with Crippen molar-refractivity contribution < 1.29 is 33.3 Å². The lowest BCUT2D eigenvalue weighted by molar-refractivity contribution is -0.125. The molecule has 1 N–H and O–H groups in total. The number of aromatic nitrogens is 2. The van der Waals surface area contributed by atoms with Crippen molar-refractivity contribution in [1.82, 2.24) is 14.9 Å². The first-order chi connectivity index (χ1) is 25.4. The number of carbonyl (C=O) groups excluding carboxylic acids is 2. The maximum atomic E-state index is 14.7. The number of rotatable bonds is 11. The normalized spacial score (nSPS) is 25.9. The number of aliphatic hydroxyl groups excluding tert-OH is 1. The summed E-state index contributed by atoms with van der Waals surface area (Å²) in [4.78, 5) is 40.7. The van der Waals surface area contributed by atoms with Crippen LogP contribution in [-0.2, 0) is 25.1 Å². The highest BCUT2D eigenvalue weighted by molar-refractivity contribution is 5.95. The first-order valence-corrected chi connectivity index (χ1v) is 19.5. The second-order valence-corrected chi connectivity index (χ2v) is 17.1. The van der Waals surface area contributed by atoms with Crippen LogP contribution in [0.1, 0.15) is 102 Å². The molecule has 2 amide bonds. The SMILES string of the molecule is COc1ccc(C23CCC(CN(c4cc(-c5coc(C(C)(C)C)n5)ccn4)C(=O)[C@H]4CC[C@H](OC(=O)N5CC(OCCO)C5)CC4)(CC2)CC3)cc1C. The monoisotopic (exact) mass is 728 g/mol. The molecule has 53 heavy (non-hydrogen) atoms. The number of pyridine rings is 1. The Morgan fingerprint density at radius 3 is 2.34 bits per heavy atom. The van der Waals surface area contributed by atoms with E-state index < -0.39 is 0 Å². The molecule has 8 rings (SSSR count). The number of amides is 2. The van der Waals surface area contributed by atoms with Crippen LogP contribution in [0.5, 0.6) is 5.75 Å². The Bertz CT molecular complexity index is 1740. The number of aliphatic hydroxyl groups is 1. The van der Waals surface area contributed by atoms with Crippen LogP contribution in [0, 0.1) is 18.3 Å². The van der Waals surface area contributed by atoms with Crippen molar-refractivity contribution in [2.24, 2.45) is 11.3 Å². The summed E-state index contributed by atoms with van der Waals surface area (Å²) in [7, 11) is 1.73. The molecular formula is C42H56N4O7. The predicted molar refractivity (Wildman–Crippen MR) is 201 cm³/mol. The standard InChI is InChI=1S/C42H56N4O7/c1-28-22-31(8-11-35(28)50-5)42-16-13-41(14-17-42,15-18-42)27-46(36-23-30(12-19-43-36)34-26-52-38(44-34)40(2,3)4)37(48)29-6-9-32(10-7-29)53-39(49)45-24-33(25-45)51-21-20-47/h8,11-12,19,22-23,26,29,32-33,47H,6-7,9-10,13-18,20-21,24-25,27H2,1-5H3/t29-,32-,41?,42?. The van der Waals surface area contributed by atoms with Crippen molar-refractivity contribution in [2.75, 3.05) is 44.9 Å². The molecule has 5 fully saturated rings. The van der Waals surface area contributed by atoms with E-state index in [0.717, 1.165) is 55.5 Å². The van der Waals surface area contributed by atoms with E-state index in [1.165, 1.54) is 11.1 Å². The van der Waals surface area contributed by atoms with E-state index in [1.807, 2.05) is 17.0 Å². The molecular weight excluding hydrogens is 672 g/mol. The van der Waals surface area contributed by atoms with Crippen LogP contribution < -0.4 is 9.64 Å². The number of aryl methyl sites for hydroxylation is 1. The van der Waals surface area contributed by atoms with Crippen LogP contribution in [0.25, 0.3) is 11.3 Å². The van der Waals surface area contributed by atoms with Crippen LogP contribution >= 0.6 is 0 Å². The molecule has 1 aromatic carbocycles.